The predicted octanol–water partition coefficient (Wildman–Crippen LogP) is 4.09. The Bertz CT molecular complexity index is 674. The maximum atomic E-state index is 9.31. The average molecular weight is 389 g/mol. The summed E-state index contributed by atoms with van der Waals surface area (Å²) in [5.41, 5.74) is 2.89. The predicted molar refractivity (Wildman–Crippen MR) is 98.7 cm³/mol. The zero-order valence-electron chi connectivity index (χ0n) is 13.4. The van der Waals surface area contributed by atoms with E-state index >= 15 is 0 Å². The summed E-state index contributed by atoms with van der Waals surface area (Å²) in [5.74, 6) is 0. The highest BCUT2D eigenvalue weighted by Gasteiger charge is 2.22. The van der Waals surface area contributed by atoms with Crippen LogP contribution < -0.4 is 0 Å². The molecule has 1 N–H and O–H groups in total. The molecule has 24 heavy (non-hydrogen) atoms. The lowest BCUT2D eigenvalue weighted by Crippen LogP contribution is -2.39. The lowest BCUT2D eigenvalue weighted by molar-refractivity contribution is -0.0290. The second kappa shape index (κ2) is 8.42. The van der Waals surface area contributed by atoms with E-state index in [1.807, 2.05) is 42.5 Å². The Morgan fingerprint density at radius 3 is 2.62 bits per heavy atom. The van der Waals surface area contributed by atoms with E-state index in [1.54, 1.807) is 0 Å². The van der Waals surface area contributed by atoms with Crippen molar-refractivity contribution >= 4 is 21.6 Å². The Morgan fingerprint density at radius 2 is 1.92 bits per heavy atom. The van der Waals surface area contributed by atoms with Gasteiger partial charge in [0.05, 0.1) is 18.4 Å². The van der Waals surface area contributed by atoms with Gasteiger partial charge >= 0.3 is 0 Å². The van der Waals surface area contributed by atoms with Gasteiger partial charge in [-0.1, -0.05) is 63.6 Å². The van der Waals surface area contributed by atoms with E-state index in [0.29, 0.717) is 6.42 Å². The largest absolute Gasteiger partial charge is 0.411 e. The summed E-state index contributed by atoms with van der Waals surface area (Å²) in [6.45, 7) is 3.33. The summed E-state index contributed by atoms with van der Waals surface area (Å²) in [7, 11) is 0. The molecule has 1 atom stereocenters. The molecule has 1 aliphatic heterocycles. The number of benzene rings is 2. The third-order valence-corrected chi connectivity index (χ3v) is 4.81. The van der Waals surface area contributed by atoms with Crippen LogP contribution in [0.25, 0.3) is 0 Å². The van der Waals surface area contributed by atoms with Crippen LogP contribution in [-0.4, -0.2) is 42.1 Å². The fourth-order valence-electron chi connectivity index (χ4n) is 2.93. The van der Waals surface area contributed by atoms with Crippen LogP contribution in [-0.2, 0) is 4.74 Å². The third-order valence-electron chi connectivity index (χ3n) is 4.28. The number of oxime groups is 1. The van der Waals surface area contributed by atoms with Gasteiger partial charge in [-0.15, -0.1) is 0 Å². The van der Waals surface area contributed by atoms with Gasteiger partial charge in [0, 0.05) is 30.5 Å². The molecule has 0 aliphatic carbocycles. The summed E-state index contributed by atoms with van der Waals surface area (Å²) in [6.07, 6.45) is 0.811. The standard InChI is InChI=1S/C19H21BrN2O2/c20-17-8-6-16(7-9-17)19-14-22(12-13-24-19)11-10-18(21-23)15-4-2-1-3-5-15/h1-9,19,23H,10-14H2/b21-18+. The highest BCUT2D eigenvalue weighted by Crippen LogP contribution is 2.24. The molecule has 1 heterocycles. The Morgan fingerprint density at radius 1 is 1.17 bits per heavy atom. The second-order valence-corrected chi connectivity index (χ2v) is 6.79. The van der Waals surface area contributed by atoms with E-state index < -0.39 is 0 Å². The van der Waals surface area contributed by atoms with Gasteiger partial charge < -0.3 is 9.94 Å². The van der Waals surface area contributed by atoms with Crippen LogP contribution in [0.1, 0.15) is 23.7 Å². The Kier molecular flexibility index (Phi) is 6.01. The molecule has 1 aliphatic rings. The normalized spacial score (nSPS) is 19.4. The van der Waals surface area contributed by atoms with Gasteiger partial charge in [-0.2, -0.15) is 0 Å². The topological polar surface area (TPSA) is 45.1 Å². The highest BCUT2D eigenvalue weighted by atomic mass is 79.9. The molecule has 2 aromatic rings. The lowest BCUT2D eigenvalue weighted by Gasteiger charge is -2.33. The molecule has 4 nitrogen and oxygen atoms in total. The molecule has 0 amide bonds. The van der Waals surface area contributed by atoms with Gasteiger partial charge in [-0.3, -0.25) is 4.90 Å². The van der Waals surface area contributed by atoms with Crippen LogP contribution in [0, 0.1) is 0 Å². The van der Waals surface area contributed by atoms with Gasteiger partial charge in [0.1, 0.15) is 0 Å². The average Bonchev–Trinajstić information content (AvgIpc) is 2.64. The molecule has 0 saturated carbocycles. The maximum absolute atomic E-state index is 9.31. The first-order chi connectivity index (χ1) is 11.8. The molecule has 0 radical (unpaired) electrons. The van der Waals surface area contributed by atoms with Crippen molar-refractivity contribution < 1.29 is 9.94 Å². The molecule has 0 spiro atoms. The van der Waals surface area contributed by atoms with E-state index in [0.717, 1.165) is 42.0 Å². The summed E-state index contributed by atoms with van der Waals surface area (Å²) in [6, 6.07) is 18.1. The third kappa shape index (κ3) is 4.44. The SMILES string of the molecule is O/N=C(\CCN1CCOC(c2ccc(Br)cc2)C1)c1ccccc1. The molecule has 1 saturated heterocycles. The van der Waals surface area contributed by atoms with Crippen molar-refractivity contribution in [2.24, 2.45) is 5.16 Å². The molecule has 1 unspecified atom stereocenters. The first-order valence-electron chi connectivity index (χ1n) is 8.12. The van der Waals surface area contributed by atoms with Crippen molar-refractivity contribution in [2.75, 3.05) is 26.2 Å². The number of rotatable bonds is 5. The van der Waals surface area contributed by atoms with E-state index in [1.165, 1.54) is 5.56 Å². The first-order valence-corrected chi connectivity index (χ1v) is 8.91. The molecule has 0 bridgehead atoms. The summed E-state index contributed by atoms with van der Waals surface area (Å²) in [4.78, 5) is 2.37. The Balaban J connectivity index is 1.58. The van der Waals surface area contributed by atoms with Gasteiger partial charge in [0.15, 0.2) is 0 Å². The second-order valence-electron chi connectivity index (χ2n) is 5.87. The number of ether oxygens (including phenoxy) is 1. The number of morpholine rings is 1. The molecule has 3 rings (SSSR count). The minimum Gasteiger partial charge on any atom is -0.411 e. The van der Waals surface area contributed by atoms with E-state index in [4.69, 9.17) is 4.74 Å². The number of halogens is 1. The van der Waals surface area contributed by atoms with E-state index in [2.05, 4.69) is 38.1 Å². The number of hydrogen-bond donors (Lipinski definition) is 1. The van der Waals surface area contributed by atoms with Gasteiger partial charge in [-0.25, -0.2) is 0 Å². The van der Waals surface area contributed by atoms with Crippen molar-refractivity contribution in [2.45, 2.75) is 12.5 Å². The number of hydrogen-bond acceptors (Lipinski definition) is 4. The minimum atomic E-state index is 0.0955. The Hall–Kier alpha value is -1.69. The van der Waals surface area contributed by atoms with Crippen LogP contribution in [0.5, 0.6) is 0 Å². The maximum Gasteiger partial charge on any atom is 0.0952 e. The molecule has 0 aromatic heterocycles. The fourth-order valence-corrected chi connectivity index (χ4v) is 3.20. The zero-order chi connectivity index (χ0) is 16.8. The van der Waals surface area contributed by atoms with E-state index in [-0.39, 0.29) is 6.10 Å². The van der Waals surface area contributed by atoms with E-state index in [9.17, 15) is 5.21 Å². The van der Waals surface area contributed by atoms with Crippen LogP contribution in [0.2, 0.25) is 0 Å². The van der Waals surface area contributed by atoms with Crippen molar-refractivity contribution in [3.05, 3.63) is 70.2 Å². The van der Waals surface area contributed by atoms with Crippen LogP contribution in [0.3, 0.4) is 0 Å². The van der Waals surface area contributed by atoms with Gasteiger partial charge in [0.2, 0.25) is 0 Å². The molecular weight excluding hydrogens is 368 g/mol. The monoisotopic (exact) mass is 388 g/mol. The molecule has 1 fully saturated rings. The van der Waals surface area contributed by atoms with Crippen LogP contribution in [0.4, 0.5) is 0 Å². The van der Waals surface area contributed by atoms with Crippen LogP contribution in [0.15, 0.2) is 64.2 Å². The van der Waals surface area contributed by atoms with Crippen LogP contribution >= 0.6 is 15.9 Å². The zero-order valence-corrected chi connectivity index (χ0v) is 15.0. The smallest absolute Gasteiger partial charge is 0.0952 e. The Labute approximate surface area is 150 Å². The molecule has 126 valence electrons. The quantitative estimate of drug-likeness (QED) is 0.476. The minimum absolute atomic E-state index is 0.0955. The summed E-state index contributed by atoms with van der Waals surface area (Å²) in [5, 5.41) is 12.8. The summed E-state index contributed by atoms with van der Waals surface area (Å²) < 4.78 is 6.99. The lowest BCUT2D eigenvalue weighted by atomic mass is 10.1. The molecular formula is C19H21BrN2O2. The van der Waals surface area contributed by atoms with Gasteiger partial charge in [-0.05, 0) is 23.3 Å². The summed E-state index contributed by atoms with van der Waals surface area (Å²) >= 11 is 3.46. The molecule has 5 heteroatoms. The highest BCUT2D eigenvalue weighted by molar-refractivity contribution is 9.10. The first kappa shape index (κ1) is 17.1. The molecule has 2 aromatic carbocycles. The van der Waals surface area contributed by atoms with Gasteiger partial charge in [0.25, 0.3) is 0 Å². The van der Waals surface area contributed by atoms with Crippen molar-refractivity contribution in [3.8, 4) is 0 Å². The van der Waals surface area contributed by atoms with Crippen molar-refractivity contribution in [1.82, 2.24) is 4.90 Å². The number of nitrogens with zero attached hydrogens (tertiary/aromatic N) is 2. The fraction of sp³-hybridized carbons (Fsp3) is 0.316. The van der Waals surface area contributed by atoms with Crippen molar-refractivity contribution in [1.29, 1.82) is 0 Å². The van der Waals surface area contributed by atoms with Crippen molar-refractivity contribution in [3.63, 3.8) is 0 Å².